The average Bonchev–Trinajstić information content (AvgIpc) is 2.72. The highest BCUT2D eigenvalue weighted by atomic mass is 79.9. The molecule has 2 nitrogen and oxygen atoms in total. The van der Waals surface area contributed by atoms with Gasteiger partial charge in [-0.3, -0.25) is 4.79 Å². The van der Waals surface area contributed by atoms with E-state index in [4.69, 9.17) is 0 Å². The summed E-state index contributed by atoms with van der Waals surface area (Å²) in [6, 6.07) is 2.97. The lowest BCUT2D eigenvalue weighted by atomic mass is 10.1. The Labute approximate surface area is 113 Å². The van der Waals surface area contributed by atoms with Gasteiger partial charge >= 0.3 is 0 Å². The van der Waals surface area contributed by atoms with Crippen LogP contribution >= 0.6 is 15.9 Å². The Morgan fingerprint density at radius 3 is 2.78 bits per heavy atom. The molecule has 0 bridgehead atoms. The van der Waals surface area contributed by atoms with Crippen molar-refractivity contribution in [3.05, 3.63) is 35.4 Å². The molecule has 0 radical (unpaired) electrons. The molecule has 98 valence electrons. The number of nitrogens with one attached hydrogen (secondary N) is 1. The third-order valence-corrected chi connectivity index (χ3v) is 4.47. The number of hydrogen-bond acceptors (Lipinski definition) is 1. The maximum Gasteiger partial charge on any atom is 0.254 e. The van der Waals surface area contributed by atoms with E-state index in [2.05, 4.69) is 21.2 Å². The number of rotatable bonds is 3. The predicted molar refractivity (Wildman–Crippen MR) is 68.7 cm³/mol. The molecular weight excluding hydrogens is 304 g/mol. The van der Waals surface area contributed by atoms with E-state index in [0.717, 1.165) is 31.4 Å². The predicted octanol–water partition coefficient (Wildman–Crippen LogP) is 3.26. The molecule has 1 fully saturated rings. The normalized spacial score (nSPS) is 23.1. The summed E-state index contributed by atoms with van der Waals surface area (Å²) in [6.07, 6.45) is 3.30. The molecule has 1 saturated carbocycles. The molecule has 1 aliphatic carbocycles. The Balaban J connectivity index is 1.95. The van der Waals surface area contributed by atoms with Gasteiger partial charge in [0.15, 0.2) is 0 Å². The number of carbonyl (C=O) groups is 1. The van der Waals surface area contributed by atoms with E-state index >= 15 is 0 Å². The molecule has 1 amide bonds. The van der Waals surface area contributed by atoms with Crippen molar-refractivity contribution in [2.75, 3.05) is 6.54 Å². The number of halogens is 3. The molecule has 0 spiro atoms. The minimum atomic E-state index is -0.825. The molecule has 18 heavy (non-hydrogen) atoms. The highest BCUT2D eigenvalue weighted by molar-refractivity contribution is 9.09. The van der Waals surface area contributed by atoms with Crippen LogP contribution in [0.2, 0.25) is 0 Å². The quantitative estimate of drug-likeness (QED) is 0.852. The fourth-order valence-electron chi connectivity index (χ4n) is 2.21. The van der Waals surface area contributed by atoms with Crippen LogP contribution in [0.5, 0.6) is 0 Å². The van der Waals surface area contributed by atoms with Gasteiger partial charge in [0.25, 0.3) is 5.91 Å². The number of amides is 1. The molecule has 0 aliphatic heterocycles. The highest BCUT2D eigenvalue weighted by Crippen LogP contribution is 2.30. The molecule has 1 aromatic carbocycles. The largest absolute Gasteiger partial charge is 0.352 e. The molecule has 2 atom stereocenters. The summed E-state index contributed by atoms with van der Waals surface area (Å²) < 4.78 is 26.1. The van der Waals surface area contributed by atoms with Gasteiger partial charge < -0.3 is 5.32 Å². The highest BCUT2D eigenvalue weighted by Gasteiger charge is 2.25. The Bertz CT molecular complexity index is 453. The fourth-order valence-corrected chi connectivity index (χ4v) is 2.99. The number of benzene rings is 1. The van der Waals surface area contributed by atoms with Gasteiger partial charge in [-0.2, -0.15) is 0 Å². The third kappa shape index (κ3) is 3.07. The van der Waals surface area contributed by atoms with Crippen molar-refractivity contribution in [2.45, 2.75) is 24.1 Å². The summed E-state index contributed by atoms with van der Waals surface area (Å²) in [7, 11) is 0. The van der Waals surface area contributed by atoms with E-state index in [0.29, 0.717) is 17.3 Å². The van der Waals surface area contributed by atoms with Crippen molar-refractivity contribution in [2.24, 2.45) is 5.92 Å². The van der Waals surface area contributed by atoms with Crippen LogP contribution in [0, 0.1) is 17.6 Å². The van der Waals surface area contributed by atoms with Crippen LogP contribution < -0.4 is 5.32 Å². The minimum absolute atomic E-state index is 0.111. The van der Waals surface area contributed by atoms with Crippen LogP contribution in [0.3, 0.4) is 0 Å². The SMILES string of the molecule is O=C(NCC1CCCC1Br)c1ccc(F)cc1F. The fraction of sp³-hybridized carbons (Fsp3) is 0.462. The first kappa shape index (κ1) is 13.5. The summed E-state index contributed by atoms with van der Waals surface area (Å²) in [5, 5.41) is 2.70. The van der Waals surface area contributed by atoms with Crippen LogP contribution in [0.1, 0.15) is 29.6 Å². The Hall–Kier alpha value is -0.970. The van der Waals surface area contributed by atoms with E-state index in [-0.39, 0.29) is 5.56 Å². The Morgan fingerprint density at radius 1 is 1.39 bits per heavy atom. The van der Waals surface area contributed by atoms with E-state index in [9.17, 15) is 13.6 Å². The molecule has 0 saturated heterocycles. The van der Waals surface area contributed by atoms with Crippen LogP contribution in [-0.4, -0.2) is 17.3 Å². The van der Waals surface area contributed by atoms with Crippen molar-refractivity contribution in [3.8, 4) is 0 Å². The second-order valence-electron chi connectivity index (χ2n) is 4.54. The maximum absolute atomic E-state index is 13.4. The van der Waals surface area contributed by atoms with Gasteiger partial charge in [0, 0.05) is 17.4 Å². The smallest absolute Gasteiger partial charge is 0.254 e. The monoisotopic (exact) mass is 317 g/mol. The maximum atomic E-state index is 13.4. The van der Waals surface area contributed by atoms with Gasteiger partial charge in [-0.1, -0.05) is 22.4 Å². The van der Waals surface area contributed by atoms with Crippen LogP contribution in [-0.2, 0) is 0 Å². The van der Waals surface area contributed by atoms with Gasteiger partial charge in [-0.25, -0.2) is 8.78 Å². The van der Waals surface area contributed by atoms with Gasteiger partial charge in [0.2, 0.25) is 0 Å². The van der Waals surface area contributed by atoms with E-state index < -0.39 is 17.5 Å². The summed E-state index contributed by atoms with van der Waals surface area (Å²) in [6.45, 7) is 0.519. The van der Waals surface area contributed by atoms with Crippen molar-refractivity contribution in [1.82, 2.24) is 5.32 Å². The zero-order valence-corrected chi connectivity index (χ0v) is 11.3. The molecule has 0 heterocycles. The van der Waals surface area contributed by atoms with Gasteiger partial charge in [0.05, 0.1) is 5.56 Å². The summed E-state index contributed by atoms with van der Waals surface area (Å²) >= 11 is 3.56. The molecule has 5 heteroatoms. The summed E-state index contributed by atoms with van der Waals surface area (Å²) in [5.41, 5.74) is -0.111. The third-order valence-electron chi connectivity index (χ3n) is 3.27. The van der Waals surface area contributed by atoms with Crippen molar-refractivity contribution in [1.29, 1.82) is 0 Å². The summed E-state index contributed by atoms with van der Waals surface area (Å²) in [5.74, 6) is -1.61. The van der Waals surface area contributed by atoms with E-state index in [1.165, 1.54) is 6.07 Å². The topological polar surface area (TPSA) is 29.1 Å². The second-order valence-corrected chi connectivity index (χ2v) is 5.72. The van der Waals surface area contributed by atoms with Crippen LogP contribution in [0.25, 0.3) is 0 Å². The van der Waals surface area contributed by atoms with Gasteiger partial charge in [0.1, 0.15) is 11.6 Å². The minimum Gasteiger partial charge on any atom is -0.352 e. The lowest BCUT2D eigenvalue weighted by Gasteiger charge is -2.14. The van der Waals surface area contributed by atoms with E-state index in [1.807, 2.05) is 0 Å². The molecular formula is C13H14BrF2NO. The van der Waals surface area contributed by atoms with E-state index in [1.54, 1.807) is 0 Å². The Morgan fingerprint density at radius 2 is 2.17 bits per heavy atom. The average molecular weight is 318 g/mol. The zero-order valence-electron chi connectivity index (χ0n) is 9.76. The Kier molecular flexibility index (Phi) is 4.32. The van der Waals surface area contributed by atoms with Crippen molar-refractivity contribution < 1.29 is 13.6 Å². The van der Waals surface area contributed by atoms with Crippen LogP contribution in [0.15, 0.2) is 18.2 Å². The zero-order chi connectivity index (χ0) is 13.1. The molecule has 1 aliphatic rings. The van der Waals surface area contributed by atoms with Crippen molar-refractivity contribution >= 4 is 21.8 Å². The molecule has 1 N–H and O–H groups in total. The van der Waals surface area contributed by atoms with Crippen LogP contribution in [0.4, 0.5) is 8.78 Å². The van der Waals surface area contributed by atoms with Crippen molar-refractivity contribution in [3.63, 3.8) is 0 Å². The first-order valence-electron chi connectivity index (χ1n) is 5.95. The summed E-state index contributed by atoms with van der Waals surface area (Å²) in [4.78, 5) is 12.2. The second kappa shape index (κ2) is 5.78. The molecule has 1 aromatic rings. The lowest BCUT2D eigenvalue weighted by Crippen LogP contribution is -2.31. The lowest BCUT2D eigenvalue weighted by molar-refractivity contribution is 0.0943. The number of hydrogen-bond donors (Lipinski definition) is 1. The molecule has 2 unspecified atom stereocenters. The molecule has 2 rings (SSSR count). The molecule has 0 aromatic heterocycles. The van der Waals surface area contributed by atoms with Gasteiger partial charge in [-0.15, -0.1) is 0 Å². The first-order valence-corrected chi connectivity index (χ1v) is 6.87. The van der Waals surface area contributed by atoms with Gasteiger partial charge in [-0.05, 0) is 30.9 Å². The standard InChI is InChI=1S/C13H14BrF2NO/c14-11-3-1-2-8(11)7-17-13(18)10-5-4-9(15)6-12(10)16/h4-6,8,11H,1-3,7H2,(H,17,18). The number of alkyl halides is 1. The first-order chi connectivity index (χ1) is 8.58. The number of carbonyl (C=O) groups excluding carboxylic acids is 1.